The summed E-state index contributed by atoms with van der Waals surface area (Å²) in [6, 6.07) is 19.1. The first-order chi connectivity index (χ1) is 17.7. The molecule has 1 aliphatic rings. The van der Waals surface area contributed by atoms with Crippen LogP contribution >= 0.6 is 11.3 Å². The Morgan fingerprint density at radius 3 is 2.43 bits per heavy atom. The van der Waals surface area contributed by atoms with Gasteiger partial charge in [-0.3, -0.25) is 14.4 Å². The van der Waals surface area contributed by atoms with E-state index in [1.807, 2.05) is 38.1 Å². The average molecular weight is 537 g/mol. The lowest BCUT2D eigenvalue weighted by Crippen LogP contribution is -2.48. The molecule has 37 heavy (non-hydrogen) atoms. The van der Waals surface area contributed by atoms with E-state index in [4.69, 9.17) is 9.47 Å². The third kappa shape index (κ3) is 5.00. The van der Waals surface area contributed by atoms with Crippen LogP contribution in [0, 0.1) is 13.8 Å². The van der Waals surface area contributed by atoms with Crippen molar-refractivity contribution in [3.8, 4) is 22.1 Å². The first-order valence-electron chi connectivity index (χ1n) is 11.4. The Morgan fingerprint density at radius 1 is 1.03 bits per heavy atom. The van der Waals surface area contributed by atoms with Crippen LogP contribution in [0.4, 0.5) is 10.8 Å². The van der Waals surface area contributed by atoms with Gasteiger partial charge in [-0.05, 0) is 55.8 Å². The van der Waals surface area contributed by atoms with Crippen molar-refractivity contribution in [1.29, 1.82) is 0 Å². The SMILES string of the molecule is COc1ccc(S(=O)(=O)N2CC(C(=O)Nc3nnc(-c4ccc(C)cc4)s3)Oc3cc(C)ccc32)cc1. The quantitative estimate of drug-likeness (QED) is 0.388. The Balaban J connectivity index is 1.41. The molecule has 9 nitrogen and oxygen atoms in total. The van der Waals surface area contributed by atoms with Crippen LogP contribution < -0.4 is 19.1 Å². The molecule has 1 atom stereocenters. The lowest BCUT2D eigenvalue weighted by atomic mass is 10.1. The second-order valence-corrected chi connectivity index (χ2v) is 11.4. The van der Waals surface area contributed by atoms with E-state index in [1.165, 1.54) is 34.9 Å². The van der Waals surface area contributed by atoms with E-state index >= 15 is 0 Å². The van der Waals surface area contributed by atoms with Crippen molar-refractivity contribution in [2.24, 2.45) is 0 Å². The number of sulfonamides is 1. The van der Waals surface area contributed by atoms with E-state index < -0.39 is 22.0 Å². The van der Waals surface area contributed by atoms with Crippen LogP contribution in [0.3, 0.4) is 0 Å². The average Bonchev–Trinajstić information content (AvgIpc) is 3.36. The summed E-state index contributed by atoms with van der Waals surface area (Å²) in [5.41, 5.74) is 3.25. The maximum Gasteiger partial charge on any atom is 0.269 e. The molecule has 0 saturated carbocycles. The maximum absolute atomic E-state index is 13.6. The van der Waals surface area contributed by atoms with E-state index in [9.17, 15) is 13.2 Å². The highest BCUT2D eigenvalue weighted by Crippen LogP contribution is 2.38. The predicted octanol–water partition coefficient (Wildman–Crippen LogP) is 4.43. The second-order valence-electron chi connectivity index (χ2n) is 8.56. The fraction of sp³-hybridized carbons (Fsp3) is 0.192. The Morgan fingerprint density at radius 2 is 1.73 bits per heavy atom. The third-order valence-corrected chi connectivity index (χ3v) is 8.56. The number of ether oxygens (including phenoxy) is 2. The second kappa shape index (κ2) is 9.83. The van der Waals surface area contributed by atoms with Gasteiger partial charge in [0.15, 0.2) is 6.10 Å². The number of benzene rings is 3. The highest BCUT2D eigenvalue weighted by atomic mass is 32.2. The number of carbonyl (C=O) groups excluding carboxylic acids is 1. The molecule has 1 unspecified atom stereocenters. The number of aryl methyl sites for hydroxylation is 2. The topological polar surface area (TPSA) is 111 Å². The van der Waals surface area contributed by atoms with Gasteiger partial charge in [-0.2, -0.15) is 0 Å². The minimum atomic E-state index is -4.00. The summed E-state index contributed by atoms with van der Waals surface area (Å²) in [7, 11) is -2.49. The predicted molar refractivity (Wildman–Crippen MR) is 142 cm³/mol. The molecular weight excluding hydrogens is 512 g/mol. The highest BCUT2D eigenvalue weighted by Gasteiger charge is 2.38. The molecule has 3 aromatic carbocycles. The van der Waals surface area contributed by atoms with Crippen LogP contribution in [0.25, 0.3) is 10.6 Å². The van der Waals surface area contributed by atoms with Crippen molar-refractivity contribution >= 4 is 38.1 Å². The van der Waals surface area contributed by atoms with Crippen molar-refractivity contribution < 1.29 is 22.7 Å². The molecule has 0 spiro atoms. The zero-order chi connectivity index (χ0) is 26.2. The van der Waals surface area contributed by atoms with Gasteiger partial charge >= 0.3 is 0 Å². The molecule has 0 aliphatic carbocycles. The summed E-state index contributed by atoms with van der Waals surface area (Å²) in [6.45, 7) is 3.65. The molecule has 1 aromatic heterocycles. The van der Waals surface area contributed by atoms with Gasteiger partial charge in [-0.15, -0.1) is 10.2 Å². The lowest BCUT2D eigenvalue weighted by molar-refractivity contribution is -0.122. The largest absolute Gasteiger partial charge is 0.497 e. The Hall–Kier alpha value is -3.96. The van der Waals surface area contributed by atoms with E-state index in [-0.39, 0.29) is 11.4 Å². The van der Waals surface area contributed by atoms with E-state index in [0.29, 0.717) is 27.3 Å². The first-order valence-corrected chi connectivity index (χ1v) is 13.7. The molecule has 5 rings (SSSR count). The fourth-order valence-corrected chi connectivity index (χ4v) is 6.10. The molecule has 0 saturated heterocycles. The number of amides is 1. The molecule has 0 radical (unpaired) electrons. The number of rotatable bonds is 6. The number of hydrogen-bond donors (Lipinski definition) is 1. The Kier molecular flexibility index (Phi) is 6.57. The van der Waals surface area contributed by atoms with Crippen LogP contribution in [0.2, 0.25) is 0 Å². The van der Waals surface area contributed by atoms with E-state index in [2.05, 4.69) is 15.5 Å². The molecule has 1 N–H and O–H groups in total. The molecule has 0 bridgehead atoms. The Bertz CT molecular complexity index is 1550. The van der Waals surface area contributed by atoms with Crippen molar-refractivity contribution in [1.82, 2.24) is 10.2 Å². The minimum absolute atomic E-state index is 0.0766. The number of methoxy groups -OCH3 is 1. The van der Waals surface area contributed by atoms with Gasteiger partial charge in [0.2, 0.25) is 5.13 Å². The first kappa shape index (κ1) is 24.7. The summed E-state index contributed by atoms with van der Waals surface area (Å²) >= 11 is 1.23. The standard InChI is InChI=1S/C26H24N4O5S2/c1-16-4-7-18(8-5-16)25-28-29-26(36-25)27-24(31)23-15-30(21-13-6-17(2)14-22(21)35-23)37(32,33)20-11-9-19(34-3)10-12-20/h4-14,23H,15H2,1-3H3,(H,27,29,31). The van der Waals surface area contributed by atoms with Crippen LogP contribution in [0.1, 0.15) is 11.1 Å². The van der Waals surface area contributed by atoms with Crippen LogP contribution in [-0.2, 0) is 14.8 Å². The zero-order valence-electron chi connectivity index (χ0n) is 20.3. The lowest BCUT2D eigenvalue weighted by Gasteiger charge is -2.34. The molecule has 0 fully saturated rings. The van der Waals surface area contributed by atoms with Gasteiger partial charge in [0.25, 0.3) is 15.9 Å². The molecule has 4 aromatic rings. The zero-order valence-corrected chi connectivity index (χ0v) is 22.0. The van der Waals surface area contributed by atoms with Crippen molar-refractivity contribution in [2.75, 3.05) is 23.3 Å². The molecule has 2 heterocycles. The number of nitrogens with one attached hydrogen (secondary N) is 1. The number of fused-ring (bicyclic) bond motifs is 1. The van der Waals surface area contributed by atoms with Crippen LogP contribution in [-0.4, -0.2) is 44.3 Å². The van der Waals surface area contributed by atoms with Gasteiger partial charge in [-0.1, -0.05) is 47.2 Å². The smallest absolute Gasteiger partial charge is 0.269 e. The number of anilines is 2. The summed E-state index contributed by atoms with van der Waals surface area (Å²) in [4.78, 5) is 13.3. The maximum atomic E-state index is 13.6. The molecule has 1 aliphatic heterocycles. The number of aromatic nitrogens is 2. The number of nitrogens with zero attached hydrogens (tertiary/aromatic N) is 3. The summed E-state index contributed by atoms with van der Waals surface area (Å²) in [5, 5.41) is 11.9. The fourth-order valence-electron chi connectivity index (χ4n) is 3.87. The third-order valence-electron chi connectivity index (χ3n) is 5.88. The molecule has 190 valence electrons. The van der Waals surface area contributed by atoms with Gasteiger partial charge in [0.1, 0.15) is 16.5 Å². The molecular formula is C26H24N4O5S2. The van der Waals surface area contributed by atoms with Crippen molar-refractivity contribution in [2.45, 2.75) is 24.8 Å². The van der Waals surface area contributed by atoms with Crippen molar-refractivity contribution in [3.63, 3.8) is 0 Å². The van der Waals surface area contributed by atoms with Crippen molar-refractivity contribution in [3.05, 3.63) is 77.9 Å². The van der Waals surface area contributed by atoms with Gasteiger partial charge in [0.05, 0.1) is 24.2 Å². The van der Waals surface area contributed by atoms with E-state index in [1.54, 1.807) is 30.3 Å². The number of carbonyl (C=O) groups is 1. The summed E-state index contributed by atoms with van der Waals surface area (Å²) in [6.07, 6.45) is -1.10. The highest BCUT2D eigenvalue weighted by molar-refractivity contribution is 7.92. The van der Waals surface area contributed by atoms with Gasteiger partial charge in [-0.25, -0.2) is 8.42 Å². The normalized spacial score (nSPS) is 15.0. The van der Waals surface area contributed by atoms with Gasteiger partial charge < -0.3 is 9.47 Å². The van der Waals surface area contributed by atoms with Crippen LogP contribution in [0.15, 0.2) is 71.6 Å². The summed E-state index contributed by atoms with van der Waals surface area (Å²) < 4.78 is 39.6. The van der Waals surface area contributed by atoms with Crippen LogP contribution in [0.5, 0.6) is 11.5 Å². The van der Waals surface area contributed by atoms with E-state index in [0.717, 1.165) is 16.7 Å². The monoisotopic (exact) mass is 536 g/mol. The summed E-state index contributed by atoms with van der Waals surface area (Å²) in [5.74, 6) is 0.325. The minimum Gasteiger partial charge on any atom is -0.497 e. The Labute approximate surface area is 218 Å². The molecule has 11 heteroatoms. The molecule has 1 amide bonds. The number of hydrogen-bond acceptors (Lipinski definition) is 8. The van der Waals surface area contributed by atoms with Gasteiger partial charge in [0, 0.05) is 5.56 Å².